The topological polar surface area (TPSA) is 43.8 Å². The molecule has 1 fully saturated rings. The zero-order valence-electron chi connectivity index (χ0n) is 8.41. The number of aryl methyl sites for hydroxylation is 1. The monoisotopic (exact) mass is 197 g/mol. The number of aromatic nitrogens is 2. The number of rotatable bonds is 4. The third-order valence-electron chi connectivity index (χ3n) is 2.96. The lowest BCUT2D eigenvalue weighted by molar-refractivity contribution is 0.129. The summed E-state index contributed by atoms with van der Waals surface area (Å²) in [6.07, 6.45) is 3.54. The van der Waals surface area contributed by atoms with Gasteiger partial charge in [-0.3, -0.25) is 4.68 Å². The second-order valence-corrected chi connectivity index (χ2v) is 3.87. The summed E-state index contributed by atoms with van der Waals surface area (Å²) >= 11 is 0. The van der Waals surface area contributed by atoms with Crippen molar-refractivity contribution in [2.75, 3.05) is 6.54 Å². The third-order valence-corrected chi connectivity index (χ3v) is 2.96. The van der Waals surface area contributed by atoms with Gasteiger partial charge in [-0.05, 0) is 25.8 Å². The molecular weight excluding hydrogens is 181 g/mol. The molecule has 1 heterocycles. The summed E-state index contributed by atoms with van der Waals surface area (Å²) in [5.41, 5.74) is 4.84. The van der Waals surface area contributed by atoms with Gasteiger partial charge in [0.25, 0.3) is 0 Å². The molecule has 1 unspecified atom stereocenters. The molecule has 0 spiro atoms. The lowest BCUT2D eigenvalue weighted by Crippen LogP contribution is -2.35. The molecule has 0 amide bonds. The number of nitrogens with zero attached hydrogens (tertiary/aromatic N) is 2. The molecule has 1 aromatic rings. The molecule has 0 aromatic carbocycles. The van der Waals surface area contributed by atoms with Crippen molar-refractivity contribution in [2.45, 2.75) is 32.0 Å². The van der Waals surface area contributed by atoms with Crippen LogP contribution in [0.5, 0.6) is 0 Å². The second-order valence-electron chi connectivity index (χ2n) is 3.87. The van der Waals surface area contributed by atoms with Crippen LogP contribution in [0.1, 0.15) is 25.5 Å². The molecule has 3 nitrogen and oxygen atoms in total. The van der Waals surface area contributed by atoms with Crippen LogP contribution in [0.4, 0.5) is 4.39 Å². The van der Waals surface area contributed by atoms with E-state index in [1.54, 1.807) is 16.9 Å². The Morgan fingerprint density at radius 1 is 1.71 bits per heavy atom. The number of hydrogen-bond acceptors (Lipinski definition) is 2. The standard InChI is InChI=1S/C10H16FN3/c1-2-14-9(5-6-13-14)10(11,7-12)8-3-4-8/h5-6,8H,2-4,7,12H2,1H3. The van der Waals surface area contributed by atoms with E-state index in [1.165, 1.54) is 0 Å². The van der Waals surface area contributed by atoms with Gasteiger partial charge in [-0.2, -0.15) is 5.10 Å². The fraction of sp³-hybridized carbons (Fsp3) is 0.700. The van der Waals surface area contributed by atoms with Gasteiger partial charge in [-0.25, -0.2) is 4.39 Å². The van der Waals surface area contributed by atoms with E-state index >= 15 is 0 Å². The Morgan fingerprint density at radius 2 is 2.43 bits per heavy atom. The molecule has 0 saturated heterocycles. The van der Waals surface area contributed by atoms with Crippen molar-refractivity contribution >= 4 is 0 Å². The Balaban J connectivity index is 2.34. The minimum absolute atomic E-state index is 0.0589. The number of hydrogen-bond donors (Lipinski definition) is 1. The fourth-order valence-corrected chi connectivity index (χ4v) is 1.96. The summed E-state index contributed by atoms with van der Waals surface area (Å²) in [5.74, 6) is 0.106. The first kappa shape index (κ1) is 9.65. The first-order valence-corrected chi connectivity index (χ1v) is 5.13. The highest BCUT2D eigenvalue weighted by atomic mass is 19.1. The highest BCUT2D eigenvalue weighted by molar-refractivity contribution is 5.17. The third kappa shape index (κ3) is 1.34. The van der Waals surface area contributed by atoms with Gasteiger partial charge in [-0.1, -0.05) is 0 Å². The lowest BCUT2D eigenvalue weighted by atomic mass is 9.96. The molecule has 1 aromatic heterocycles. The number of halogens is 1. The molecule has 14 heavy (non-hydrogen) atoms. The van der Waals surface area contributed by atoms with E-state index in [2.05, 4.69) is 5.10 Å². The Morgan fingerprint density at radius 3 is 2.93 bits per heavy atom. The Kier molecular flexibility index (Phi) is 2.31. The minimum Gasteiger partial charge on any atom is -0.327 e. The van der Waals surface area contributed by atoms with Crippen LogP contribution in [0.3, 0.4) is 0 Å². The van der Waals surface area contributed by atoms with Gasteiger partial charge in [-0.15, -0.1) is 0 Å². The lowest BCUT2D eigenvalue weighted by Gasteiger charge is -2.24. The maximum absolute atomic E-state index is 14.5. The van der Waals surface area contributed by atoms with Gasteiger partial charge in [0, 0.05) is 25.2 Å². The quantitative estimate of drug-likeness (QED) is 0.793. The zero-order chi connectivity index (χ0) is 10.2. The van der Waals surface area contributed by atoms with E-state index in [1.807, 2.05) is 6.92 Å². The zero-order valence-corrected chi connectivity index (χ0v) is 8.41. The van der Waals surface area contributed by atoms with Crippen LogP contribution in [-0.2, 0) is 12.2 Å². The highest BCUT2D eigenvalue weighted by Crippen LogP contribution is 2.47. The van der Waals surface area contributed by atoms with Crippen LogP contribution in [0, 0.1) is 5.92 Å². The Hall–Kier alpha value is -0.900. The molecule has 1 atom stereocenters. The average Bonchev–Trinajstić information content (AvgIpc) is 2.95. The SMILES string of the molecule is CCn1nccc1C(F)(CN)C1CC1. The molecule has 1 saturated carbocycles. The molecule has 0 radical (unpaired) electrons. The van der Waals surface area contributed by atoms with Gasteiger partial charge in [0.1, 0.15) is 0 Å². The second kappa shape index (κ2) is 3.35. The summed E-state index contributed by atoms with van der Waals surface area (Å²) in [6, 6.07) is 1.74. The maximum Gasteiger partial charge on any atom is 0.167 e. The summed E-state index contributed by atoms with van der Waals surface area (Å²) in [7, 11) is 0. The van der Waals surface area contributed by atoms with Crippen LogP contribution < -0.4 is 5.73 Å². The van der Waals surface area contributed by atoms with Crippen LogP contribution in [0.2, 0.25) is 0 Å². The molecule has 2 rings (SSSR count). The van der Waals surface area contributed by atoms with Gasteiger partial charge in [0.15, 0.2) is 5.67 Å². The van der Waals surface area contributed by atoms with Crippen LogP contribution in [0.15, 0.2) is 12.3 Å². The van der Waals surface area contributed by atoms with Crippen molar-refractivity contribution in [1.82, 2.24) is 9.78 Å². The predicted molar refractivity (Wildman–Crippen MR) is 52.5 cm³/mol. The first-order chi connectivity index (χ1) is 6.72. The smallest absolute Gasteiger partial charge is 0.167 e. The highest BCUT2D eigenvalue weighted by Gasteiger charge is 2.48. The van der Waals surface area contributed by atoms with E-state index in [4.69, 9.17) is 5.73 Å². The fourth-order valence-electron chi connectivity index (χ4n) is 1.96. The molecule has 4 heteroatoms. The van der Waals surface area contributed by atoms with Crippen molar-refractivity contribution in [2.24, 2.45) is 11.7 Å². The molecule has 78 valence electrons. The number of nitrogens with two attached hydrogens (primary N) is 1. The molecule has 1 aliphatic rings. The molecule has 0 aliphatic heterocycles. The van der Waals surface area contributed by atoms with Gasteiger partial charge < -0.3 is 5.73 Å². The minimum atomic E-state index is -1.35. The summed E-state index contributed by atoms with van der Waals surface area (Å²) in [5, 5.41) is 4.08. The van der Waals surface area contributed by atoms with Crippen LogP contribution >= 0.6 is 0 Å². The van der Waals surface area contributed by atoms with E-state index in [-0.39, 0.29) is 12.5 Å². The summed E-state index contributed by atoms with van der Waals surface area (Å²) in [6.45, 7) is 2.71. The van der Waals surface area contributed by atoms with Gasteiger partial charge in [0.2, 0.25) is 0 Å². The van der Waals surface area contributed by atoms with Crippen LogP contribution in [0.25, 0.3) is 0 Å². The Labute approximate surface area is 83.1 Å². The van der Waals surface area contributed by atoms with E-state index < -0.39 is 5.67 Å². The van der Waals surface area contributed by atoms with Crippen LogP contribution in [-0.4, -0.2) is 16.3 Å². The summed E-state index contributed by atoms with van der Waals surface area (Å²) in [4.78, 5) is 0. The van der Waals surface area contributed by atoms with Crippen molar-refractivity contribution < 1.29 is 4.39 Å². The number of alkyl halides is 1. The van der Waals surface area contributed by atoms with Gasteiger partial charge in [0.05, 0.1) is 5.69 Å². The summed E-state index contributed by atoms with van der Waals surface area (Å²) < 4.78 is 16.2. The van der Waals surface area contributed by atoms with E-state index in [9.17, 15) is 4.39 Å². The normalized spacial score (nSPS) is 20.8. The van der Waals surface area contributed by atoms with Crippen molar-refractivity contribution in [3.05, 3.63) is 18.0 Å². The van der Waals surface area contributed by atoms with Crippen molar-refractivity contribution in [3.63, 3.8) is 0 Å². The molecule has 0 bridgehead atoms. The predicted octanol–water partition coefficient (Wildman–Crippen LogP) is 1.44. The Bertz CT molecular complexity index is 319. The van der Waals surface area contributed by atoms with Crippen molar-refractivity contribution in [3.8, 4) is 0 Å². The molecule has 1 aliphatic carbocycles. The molecular formula is C10H16FN3. The van der Waals surface area contributed by atoms with E-state index in [0.29, 0.717) is 12.2 Å². The average molecular weight is 197 g/mol. The first-order valence-electron chi connectivity index (χ1n) is 5.13. The van der Waals surface area contributed by atoms with E-state index in [0.717, 1.165) is 12.8 Å². The molecule has 2 N–H and O–H groups in total. The largest absolute Gasteiger partial charge is 0.327 e. The van der Waals surface area contributed by atoms with Gasteiger partial charge >= 0.3 is 0 Å². The van der Waals surface area contributed by atoms with Crippen molar-refractivity contribution in [1.29, 1.82) is 0 Å². The maximum atomic E-state index is 14.5.